The fourth-order valence-electron chi connectivity index (χ4n) is 4.06. The molecule has 112 valence electrons. The van der Waals surface area contributed by atoms with Crippen LogP contribution in [0.3, 0.4) is 0 Å². The minimum Gasteiger partial charge on any atom is -0.391 e. The number of likely N-dealkylation sites (N-methyl/N-ethyl adjacent to an activating group) is 1. The van der Waals surface area contributed by atoms with E-state index in [1.165, 1.54) is 25.7 Å². The molecule has 3 nitrogen and oxygen atoms in total. The van der Waals surface area contributed by atoms with E-state index in [2.05, 4.69) is 25.9 Å². The zero-order valence-corrected chi connectivity index (χ0v) is 12.9. The Balaban J connectivity index is 1.93. The van der Waals surface area contributed by atoms with Gasteiger partial charge in [0.15, 0.2) is 0 Å². The normalized spacial score (nSPS) is 37.7. The van der Waals surface area contributed by atoms with E-state index in [1.54, 1.807) is 0 Å². The second kappa shape index (κ2) is 6.55. The molecule has 0 radical (unpaired) electrons. The van der Waals surface area contributed by atoms with Crippen molar-refractivity contribution in [3.8, 4) is 0 Å². The average Bonchev–Trinajstić information content (AvgIpc) is 2.88. The fourth-order valence-corrected chi connectivity index (χ4v) is 4.06. The lowest BCUT2D eigenvalue weighted by Gasteiger charge is -2.48. The van der Waals surface area contributed by atoms with Crippen molar-refractivity contribution in [1.29, 1.82) is 0 Å². The molecule has 0 aromatic heterocycles. The lowest BCUT2D eigenvalue weighted by atomic mass is 9.71. The number of hydrogen-bond acceptors (Lipinski definition) is 3. The minimum absolute atomic E-state index is 0.00370. The Bertz CT molecular complexity index is 276. The lowest BCUT2D eigenvalue weighted by molar-refractivity contribution is -0.0524. The Morgan fingerprint density at radius 1 is 1.32 bits per heavy atom. The maximum Gasteiger partial charge on any atom is 0.0724 e. The van der Waals surface area contributed by atoms with Gasteiger partial charge >= 0.3 is 0 Å². The van der Waals surface area contributed by atoms with Crippen LogP contribution in [0.2, 0.25) is 0 Å². The van der Waals surface area contributed by atoms with Crippen molar-refractivity contribution >= 4 is 0 Å². The molecule has 0 aromatic carbocycles. The maximum atomic E-state index is 10.8. The highest BCUT2D eigenvalue weighted by Gasteiger charge is 2.42. The molecule has 2 aliphatic rings. The smallest absolute Gasteiger partial charge is 0.0724 e. The van der Waals surface area contributed by atoms with Crippen LogP contribution in [-0.2, 0) is 4.74 Å². The quantitative estimate of drug-likeness (QED) is 0.833. The summed E-state index contributed by atoms with van der Waals surface area (Å²) in [6, 6.07) is 0. The zero-order chi connectivity index (χ0) is 13.9. The van der Waals surface area contributed by atoms with Crippen LogP contribution in [-0.4, -0.2) is 48.5 Å². The summed E-state index contributed by atoms with van der Waals surface area (Å²) in [4.78, 5) is 2.28. The Hall–Kier alpha value is -0.120. The predicted octanol–water partition coefficient (Wildman–Crippen LogP) is 2.82. The molecule has 2 rings (SSSR count). The van der Waals surface area contributed by atoms with Crippen LogP contribution in [0.15, 0.2) is 0 Å². The van der Waals surface area contributed by atoms with Crippen molar-refractivity contribution in [2.24, 2.45) is 5.92 Å². The summed E-state index contributed by atoms with van der Waals surface area (Å²) < 4.78 is 5.68. The number of nitrogens with zero attached hydrogens (tertiary/aromatic N) is 1. The molecule has 0 bridgehead atoms. The number of aliphatic hydroxyl groups is 1. The van der Waals surface area contributed by atoms with Gasteiger partial charge in [-0.25, -0.2) is 0 Å². The molecule has 0 spiro atoms. The molecule has 1 aliphatic carbocycles. The van der Waals surface area contributed by atoms with Gasteiger partial charge in [0.1, 0.15) is 0 Å². The molecule has 4 atom stereocenters. The summed E-state index contributed by atoms with van der Waals surface area (Å²) in [5.41, 5.74) is -0.00370. The van der Waals surface area contributed by atoms with Crippen LogP contribution in [0.5, 0.6) is 0 Å². The van der Waals surface area contributed by atoms with Gasteiger partial charge in [0.2, 0.25) is 0 Å². The van der Waals surface area contributed by atoms with Crippen LogP contribution in [0.4, 0.5) is 0 Å². The third kappa shape index (κ3) is 3.50. The van der Waals surface area contributed by atoms with Gasteiger partial charge in [-0.2, -0.15) is 0 Å². The molecule has 0 aromatic rings. The van der Waals surface area contributed by atoms with E-state index >= 15 is 0 Å². The van der Waals surface area contributed by atoms with Crippen molar-refractivity contribution in [2.75, 3.05) is 20.7 Å². The predicted molar refractivity (Wildman–Crippen MR) is 78.3 cm³/mol. The molecule has 1 saturated heterocycles. The van der Waals surface area contributed by atoms with E-state index in [0.29, 0.717) is 6.10 Å². The highest BCUT2D eigenvalue weighted by molar-refractivity contribution is 4.98. The average molecular weight is 269 g/mol. The summed E-state index contributed by atoms with van der Waals surface area (Å²) >= 11 is 0. The molecular formula is C16H31NO2. The third-order valence-electron chi connectivity index (χ3n) is 5.31. The second-order valence-corrected chi connectivity index (χ2v) is 6.93. The van der Waals surface area contributed by atoms with Gasteiger partial charge in [-0.1, -0.05) is 19.8 Å². The first-order chi connectivity index (χ1) is 9.04. The van der Waals surface area contributed by atoms with E-state index in [0.717, 1.165) is 38.2 Å². The maximum absolute atomic E-state index is 10.8. The van der Waals surface area contributed by atoms with Crippen molar-refractivity contribution in [1.82, 2.24) is 4.90 Å². The molecule has 1 saturated carbocycles. The van der Waals surface area contributed by atoms with Crippen LogP contribution < -0.4 is 0 Å². The Kier molecular flexibility index (Phi) is 5.27. The number of ether oxygens (including phenoxy) is 1. The highest BCUT2D eigenvalue weighted by Crippen LogP contribution is 2.39. The Morgan fingerprint density at radius 2 is 2.11 bits per heavy atom. The van der Waals surface area contributed by atoms with Gasteiger partial charge < -0.3 is 14.7 Å². The van der Waals surface area contributed by atoms with Crippen LogP contribution in [0, 0.1) is 5.92 Å². The summed E-state index contributed by atoms with van der Waals surface area (Å²) in [6.07, 6.45) is 9.29. The van der Waals surface area contributed by atoms with Gasteiger partial charge in [0.25, 0.3) is 0 Å². The van der Waals surface area contributed by atoms with Crippen LogP contribution in [0.25, 0.3) is 0 Å². The molecule has 1 heterocycles. The summed E-state index contributed by atoms with van der Waals surface area (Å²) in [5, 5.41) is 10.8. The van der Waals surface area contributed by atoms with Gasteiger partial charge in [0.05, 0.1) is 12.2 Å². The van der Waals surface area contributed by atoms with E-state index < -0.39 is 0 Å². The SMILES string of the molecule is CC1CCCC(C(O)CCC2CCCO2)(N(C)C)C1. The van der Waals surface area contributed by atoms with Gasteiger partial charge in [-0.3, -0.25) is 0 Å². The molecule has 19 heavy (non-hydrogen) atoms. The highest BCUT2D eigenvalue weighted by atomic mass is 16.5. The number of hydrogen-bond donors (Lipinski definition) is 1. The topological polar surface area (TPSA) is 32.7 Å². The third-order valence-corrected chi connectivity index (χ3v) is 5.31. The largest absolute Gasteiger partial charge is 0.391 e. The van der Waals surface area contributed by atoms with Crippen molar-refractivity contribution < 1.29 is 9.84 Å². The first-order valence-corrected chi connectivity index (χ1v) is 8.01. The minimum atomic E-state index is -0.213. The standard InChI is InChI=1S/C16H31NO2/c1-13-6-4-10-16(12-13,17(2)3)15(18)9-8-14-7-5-11-19-14/h13-15,18H,4-12H2,1-3H3. The molecule has 4 unspecified atom stereocenters. The lowest BCUT2D eigenvalue weighted by Crippen LogP contribution is -2.56. The van der Waals surface area contributed by atoms with Crippen LogP contribution in [0.1, 0.15) is 58.3 Å². The fraction of sp³-hybridized carbons (Fsp3) is 1.00. The van der Waals surface area contributed by atoms with E-state index in [4.69, 9.17) is 4.74 Å². The van der Waals surface area contributed by atoms with E-state index in [1.807, 2.05) is 0 Å². The van der Waals surface area contributed by atoms with Crippen molar-refractivity contribution in [3.63, 3.8) is 0 Å². The summed E-state index contributed by atoms with van der Waals surface area (Å²) in [7, 11) is 4.26. The van der Waals surface area contributed by atoms with E-state index in [9.17, 15) is 5.11 Å². The van der Waals surface area contributed by atoms with E-state index in [-0.39, 0.29) is 11.6 Å². The van der Waals surface area contributed by atoms with Gasteiger partial charge in [-0.05, 0) is 58.5 Å². The Labute approximate surface area is 118 Å². The molecule has 1 aliphatic heterocycles. The molecule has 2 fully saturated rings. The number of aliphatic hydroxyl groups excluding tert-OH is 1. The van der Waals surface area contributed by atoms with Gasteiger partial charge in [-0.15, -0.1) is 0 Å². The number of rotatable bonds is 5. The summed E-state index contributed by atoms with van der Waals surface area (Å²) in [5.74, 6) is 0.730. The van der Waals surface area contributed by atoms with Crippen molar-refractivity contribution in [2.45, 2.75) is 76.0 Å². The first-order valence-electron chi connectivity index (χ1n) is 8.01. The summed E-state index contributed by atoms with van der Waals surface area (Å²) in [6.45, 7) is 3.24. The molecular weight excluding hydrogens is 238 g/mol. The van der Waals surface area contributed by atoms with Crippen LogP contribution >= 0.6 is 0 Å². The zero-order valence-electron chi connectivity index (χ0n) is 12.9. The molecule has 0 amide bonds. The second-order valence-electron chi connectivity index (χ2n) is 6.93. The molecule has 3 heteroatoms. The first kappa shape index (κ1) is 15.3. The monoisotopic (exact) mass is 269 g/mol. The molecule has 1 N–H and O–H groups in total. The van der Waals surface area contributed by atoms with Gasteiger partial charge in [0, 0.05) is 12.1 Å². The Morgan fingerprint density at radius 3 is 2.68 bits per heavy atom. The van der Waals surface area contributed by atoms with Crippen molar-refractivity contribution in [3.05, 3.63) is 0 Å².